The van der Waals surface area contributed by atoms with Gasteiger partial charge < -0.3 is 9.84 Å². The average Bonchev–Trinajstić information content (AvgIpc) is 2.80. The number of fused-ring (bicyclic) bond motifs is 4. The van der Waals surface area contributed by atoms with Gasteiger partial charge in [-0.25, -0.2) is 4.98 Å². The predicted molar refractivity (Wildman–Crippen MR) is 122 cm³/mol. The van der Waals surface area contributed by atoms with Crippen LogP contribution in [0, 0.1) is 23.2 Å². The lowest BCUT2D eigenvalue weighted by Gasteiger charge is -2.40. The Hall–Kier alpha value is -3.46. The van der Waals surface area contributed by atoms with Crippen molar-refractivity contribution in [2.24, 2.45) is 11.8 Å². The first kappa shape index (κ1) is 20.4. The summed E-state index contributed by atoms with van der Waals surface area (Å²) in [7, 11) is 0. The zero-order chi connectivity index (χ0) is 22.4. The number of pyridine rings is 1. The van der Waals surface area contributed by atoms with Crippen molar-refractivity contribution in [2.75, 3.05) is 0 Å². The van der Waals surface area contributed by atoms with E-state index in [-0.39, 0.29) is 29.6 Å². The summed E-state index contributed by atoms with van der Waals surface area (Å²) >= 11 is 0. The molecule has 0 bridgehead atoms. The molecule has 0 saturated heterocycles. The molecule has 0 fully saturated rings. The maximum absolute atomic E-state index is 10.5. The highest BCUT2D eigenvalue weighted by Gasteiger charge is 2.42. The van der Waals surface area contributed by atoms with E-state index in [0.29, 0.717) is 23.7 Å². The van der Waals surface area contributed by atoms with Crippen LogP contribution in [-0.2, 0) is 6.42 Å². The zero-order valence-corrected chi connectivity index (χ0v) is 18.5. The number of nitrogens with zero attached hydrogens (tertiary/aromatic N) is 4. The highest BCUT2D eigenvalue weighted by molar-refractivity contribution is 5.92. The van der Waals surface area contributed by atoms with Gasteiger partial charge in [-0.15, -0.1) is 0 Å². The van der Waals surface area contributed by atoms with E-state index in [4.69, 9.17) is 14.7 Å². The van der Waals surface area contributed by atoms with E-state index < -0.39 is 0 Å². The molecule has 1 N–H and O–H groups in total. The molecule has 32 heavy (non-hydrogen) atoms. The van der Waals surface area contributed by atoms with Crippen LogP contribution in [0.4, 0.5) is 0 Å². The summed E-state index contributed by atoms with van der Waals surface area (Å²) in [5, 5.41) is 21.1. The van der Waals surface area contributed by atoms with E-state index in [1.54, 1.807) is 6.20 Å². The van der Waals surface area contributed by atoms with Crippen LogP contribution in [0.15, 0.2) is 47.9 Å². The first-order chi connectivity index (χ1) is 15.5. The van der Waals surface area contributed by atoms with E-state index in [1.807, 2.05) is 51.1 Å². The molecule has 2 heterocycles. The number of aliphatic hydroxyl groups is 1. The SMILES string of the molecule is CC(C)Oc1nc(-c2ccnc3ccccc23)nc2c1CCC1C(C)C(O)=C(C#N)CC21. The first-order valence-electron chi connectivity index (χ1n) is 11.2. The number of nitriles is 1. The normalized spacial score (nSPS) is 22.4. The lowest BCUT2D eigenvalue weighted by molar-refractivity contribution is 0.191. The number of benzene rings is 1. The molecule has 2 aliphatic carbocycles. The molecule has 3 unspecified atom stereocenters. The first-order valence-corrected chi connectivity index (χ1v) is 11.2. The number of aromatic nitrogens is 3. The Morgan fingerprint density at radius 1 is 1.19 bits per heavy atom. The molecule has 0 amide bonds. The molecule has 162 valence electrons. The summed E-state index contributed by atoms with van der Waals surface area (Å²) < 4.78 is 6.17. The fourth-order valence-electron chi connectivity index (χ4n) is 5.22. The van der Waals surface area contributed by atoms with Crippen molar-refractivity contribution in [1.29, 1.82) is 5.26 Å². The fourth-order valence-corrected chi connectivity index (χ4v) is 5.22. The van der Waals surface area contributed by atoms with E-state index in [2.05, 4.69) is 11.1 Å². The topological polar surface area (TPSA) is 91.9 Å². The quantitative estimate of drug-likeness (QED) is 0.594. The lowest BCUT2D eigenvalue weighted by Crippen LogP contribution is -2.33. The summed E-state index contributed by atoms with van der Waals surface area (Å²) in [5.41, 5.74) is 4.26. The molecule has 0 aliphatic heterocycles. The van der Waals surface area contributed by atoms with Crippen LogP contribution in [0.5, 0.6) is 5.88 Å². The number of hydrogen-bond acceptors (Lipinski definition) is 6. The molecule has 6 nitrogen and oxygen atoms in total. The van der Waals surface area contributed by atoms with Gasteiger partial charge in [-0.3, -0.25) is 4.98 Å². The molecule has 3 aromatic rings. The average molecular weight is 427 g/mol. The highest BCUT2D eigenvalue weighted by Crippen LogP contribution is 2.50. The number of allylic oxidation sites excluding steroid dienone is 2. The summed E-state index contributed by atoms with van der Waals surface area (Å²) in [6.45, 7) is 6.01. The van der Waals surface area contributed by atoms with Gasteiger partial charge in [0.15, 0.2) is 5.82 Å². The number of rotatable bonds is 3. The van der Waals surface area contributed by atoms with Crippen molar-refractivity contribution in [2.45, 2.75) is 52.1 Å². The van der Waals surface area contributed by atoms with Gasteiger partial charge in [-0.2, -0.15) is 10.2 Å². The summed E-state index contributed by atoms with van der Waals surface area (Å²) in [5.74, 6) is 1.72. The minimum absolute atomic E-state index is 0.0161. The van der Waals surface area contributed by atoms with Crippen molar-refractivity contribution >= 4 is 10.9 Å². The van der Waals surface area contributed by atoms with Crippen LogP contribution in [-0.4, -0.2) is 26.2 Å². The van der Waals surface area contributed by atoms with E-state index in [9.17, 15) is 10.4 Å². The lowest BCUT2D eigenvalue weighted by atomic mass is 9.65. The number of hydrogen-bond donors (Lipinski definition) is 1. The third-order valence-corrected chi connectivity index (χ3v) is 6.78. The molecule has 6 heteroatoms. The Morgan fingerprint density at radius 3 is 2.78 bits per heavy atom. The number of ether oxygens (including phenoxy) is 1. The monoisotopic (exact) mass is 426 g/mol. The summed E-state index contributed by atoms with van der Waals surface area (Å²) in [6.07, 6.45) is 3.98. The van der Waals surface area contributed by atoms with Crippen molar-refractivity contribution in [3.8, 4) is 23.3 Å². The second-order valence-corrected chi connectivity index (χ2v) is 9.04. The Bertz CT molecular complexity index is 1270. The molecule has 5 rings (SSSR count). The molecule has 1 aromatic carbocycles. The predicted octanol–water partition coefficient (Wildman–Crippen LogP) is 5.50. The van der Waals surface area contributed by atoms with Crippen molar-refractivity contribution in [1.82, 2.24) is 15.0 Å². The molecular formula is C26H26N4O2. The highest BCUT2D eigenvalue weighted by atomic mass is 16.5. The molecule has 2 aliphatic rings. The van der Waals surface area contributed by atoms with Crippen LogP contribution in [0.1, 0.15) is 50.8 Å². The molecule has 0 radical (unpaired) electrons. The number of aliphatic hydroxyl groups excluding tert-OH is 1. The largest absolute Gasteiger partial charge is 0.511 e. The van der Waals surface area contributed by atoms with E-state index in [0.717, 1.165) is 40.6 Å². The Morgan fingerprint density at radius 2 is 2.00 bits per heavy atom. The maximum atomic E-state index is 10.5. The molecule has 0 saturated carbocycles. The van der Waals surface area contributed by atoms with Gasteiger partial charge in [-0.1, -0.05) is 25.1 Å². The van der Waals surface area contributed by atoms with Gasteiger partial charge in [0.2, 0.25) is 5.88 Å². The second kappa shape index (κ2) is 7.90. The molecule has 3 atom stereocenters. The van der Waals surface area contributed by atoms with E-state index in [1.165, 1.54) is 0 Å². The van der Waals surface area contributed by atoms with Gasteiger partial charge in [0.25, 0.3) is 0 Å². The third-order valence-electron chi connectivity index (χ3n) is 6.78. The van der Waals surface area contributed by atoms with Crippen LogP contribution in [0.2, 0.25) is 0 Å². The van der Waals surface area contributed by atoms with Crippen LogP contribution < -0.4 is 4.74 Å². The zero-order valence-electron chi connectivity index (χ0n) is 18.5. The van der Waals surface area contributed by atoms with Gasteiger partial charge in [0, 0.05) is 34.5 Å². The smallest absolute Gasteiger partial charge is 0.220 e. The van der Waals surface area contributed by atoms with Gasteiger partial charge in [0.05, 0.1) is 29.0 Å². The third kappa shape index (κ3) is 3.29. The van der Waals surface area contributed by atoms with E-state index >= 15 is 0 Å². The molecular weight excluding hydrogens is 400 g/mol. The van der Waals surface area contributed by atoms with Gasteiger partial charge >= 0.3 is 0 Å². The van der Waals surface area contributed by atoms with Gasteiger partial charge in [-0.05, 0) is 51.2 Å². The van der Waals surface area contributed by atoms with Crippen molar-refractivity contribution < 1.29 is 9.84 Å². The second-order valence-electron chi connectivity index (χ2n) is 9.04. The fraction of sp³-hybridized carbons (Fsp3) is 0.385. The summed E-state index contributed by atoms with van der Waals surface area (Å²) in [4.78, 5) is 14.4. The Labute approximate surface area is 187 Å². The minimum Gasteiger partial charge on any atom is -0.511 e. The standard InChI is InChI=1S/C26H26N4O2/c1-14(2)32-26-20-9-8-17-15(3)24(31)16(13-27)12-21(17)23(20)29-25(30-26)19-10-11-28-22-7-5-4-6-18(19)22/h4-7,10-11,14-15,17,21,31H,8-9,12H2,1-3H3. The van der Waals surface area contributed by atoms with Crippen LogP contribution in [0.3, 0.4) is 0 Å². The van der Waals surface area contributed by atoms with Crippen molar-refractivity contribution in [3.05, 3.63) is 59.1 Å². The van der Waals surface area contributed by atoms with Gasteiger partial charge in [0.1, 0.15) is 5.76 Å². The minimum atomic E-state index is -0.0637. The number of para-hydroxylation sites is 1. The molecule has 0 spiro atoms. The van der Waals surface area contributed by atoms with Crippen molar-refractivity contribution in [3.63, 3.8) is 0 Å². The summed E-state index contributed by atoms with van der Waals surface area (Å²) in [6, 6.07) is 12.1. The van der Waals surface area contributed by atoms with Crippen LogP contribution in [0.25, 0.3) is 22.3 Å². The molecule has 2 aromatic heterocycles. The Balaban J connectivity index is 1.72. The maximum Gasteiger partial charge on any atom is 0.220 e. The van der Waals surface area contributed by atoms with Crippen LogP contribution >= 0.6 is 0 Å². The Kier molecular flexibility index (Phi) is 5.05.